The van der Waals surface area contributed by atoms with Crippen molar-refractivity contribution < 1.29 is 37.4 Å². The third-order valence-electron chi connectivity index (χ3n) is 10.3. The van der Waals surface area contributed by atoms with E-state index < -0.39 is 57.9 Å². The van der Waals surface area contributed by atoms with Gasteiger partial charge in [-0.15, -0.1) is 0 Å². The number of sulfonamides is 1. The largest absolute Gasteiger partial charge is 0.391 e. The Kier molecular flexibility index (Phi) is 17.4. The van der Waals surface area contributed by atoms with Crippen LogP contribution >= 0.6 is 0 Å². The van der Waals surface area contributed by atoms with Gasteiger partial charge in [-0.1, -0.05) is 119 Å². The number of hydrogen-bond donors (Lipinski definition) is 5. The van der Waals surface area contributed by atoms with E-state index in [0.717, 1.165) is 27.3 Å². The van der Waals surface area contributed by atoms with Crippen molar-refractivity contribution in [2.45, 2.75) is 78.4 Å². The van der Waals surface area contributed by atoms with Crippen LogP contribution in [0.3, 0.4) is 0 Å². The van der Waals surface area contributed by atoms with Crippen molar-refractivity contribution in [2.75, 3.05) is 24.2 Å². The van der Waals surface area contributed by atoms with E-state index in [1.54, 1.807) is 0 Å². The standard InChI is InChI=1S/C46H59N5O8S/c1-30(2)39(45(55)50-42(31(3)4)46(56)47-27-33-17-11-8-12-18-33)26-41(52)40(29-59-28-34-19-13-9-14-20-34)49-44(54)37-23-36(24-38(25-37)51(6)60(7,57)58)43(53)48-32(5)35-21-15-10-16-22-35/h8-25,30-32,39-42,52H,26-29H2,1-7H3,(H,47,56)(H,48,53)(H,49,54)(H,50,55)/t32-,39-,40-,41-,42-/m0/s1. The highest BCUT2D eigenvalue weighted by atomic mass is 32.2. The summed E-state index contributed by atoms with van der Waals surface area (Å²) in [5, 5.41) is 23.4. The molecular weight excluding hydrogens is 783 g/mol. The minimum absolute atomic E-state index is 0.0393. The maximum absolute atomic E-state index is 14.1. The van der Waals surface area contributed by atoms with Crippen LogP contribution in [0.5, 0.6) is 0 Å². The molecule has 0 aromatic heterocycles. The van der Waals surface area contributed by atoms with Crippen molar-refractivity contribution in [1.82, 2.24) is 21.3 Å². The number of ether oxygens (including phenoxy) is 1. The Morgan fingerprint density at radius 3 is 1.77 bits per heavy atom. The van der Waals surface area contributed by atoms with Gasteiger partial charge < -0.3 is 31.1 Å². The van der Waals surface area contributed by atoms with E-state index in [4.69, 9.17) is 4.74 Å². The van der Waals surface area contributed by atoms with Gasteiger partial charge in [-0.25, -0.2) is 8.42 Å². The Hall–Kier alpha value is -5.57. The molecule has 0 saturated carbocycles. The second kappa shape index (κ2) is 22.2. The summed E-state index contributed by atoms with van der Waals surface area (Å²) in [6.45, 7) is 9.46. The molecule has 4 amide bonds. The number of hydrogen-bond acceptors (Lipinski definition) is 8. The first-order valence-electron chi connectivity index (χ1n) is 20.1. The Labute approximate surface area is 354 Å². The van der Waals surface area contributed by atoms with Crippen LogP contribution in [-0.4, -0.2) is 75.3 Å². The van der Waals surface area contributed by atoms with Crippen LogP contribution in [0, 0.1) is 17.8 Å². The molecule has 5 atom stereocenters. The van der Waals surface area contributed by atoms with Crippen molar-refractivity contribution in [1.29, 1.82) is 0 Å². The number of aliphatic hydroxyl groups excluding tert-OH is 1. The SMILES string of the molecule is CC(C)[C@H](C[C@H](O)[C@H](COCc1ccccc1)NC(=O)c1cc(C(=O)N[C@@H](C)c2ccccc2)cc(N(C)S(C)(=O)=O)c1)C(=O)N[C@H](C(=O)NCc1ccccc1)C(C)C. The van der Waals surface area contributed by atoms with E-state index in [1.807, 2.05) is 126 Å². The first kappa shape index (κ1) is 47.1. The van der Waals surface area contributed by atoms with Gasteiger partial charge in [0, 0.05) is 30.6 Å². The number of amides is 4. The fourth-order valence-corrected chi connectivity index (χ4v) is 7.02. The molecule has 14 heteroatoms. The molecule has 5 N–H and O–H groups in total. The van der Waals surface area contributed by atoms with E-state index in [-0.39, 0.29) is 54.2 Å². The Bertz CT molecular complexity index is 2140. The second-order valence-electron chi connectivity index (χ2n) is 15.8. The first-order valence-corrected chi connectivity index (χ1v) is 22.0. The lowest BCUT2D eigenvalue weighted by Crippen LogP contribution is -2.53. The van der Waals surface area contributed by atoms with Gasteiger partial charge in [0.1, 0.15) is 6.04 Å². The molecule has 4 aromatic carbocycles. The van der Waals surface area contributed by atoms with Crippen LogP contribution in [0.4, 0.5) is 5.69 Å². The number of carbonyl (C=O) groups is 4. The van der Waals surface area contributed by atoms with Crippen LogP contribution in [0.2, 0.25) is 0 Å². The third-order valence-corrected chi connectivity index (χ3v) is 11.5. The molecule has 0 saturated heterocycles. The van der Waals surface area contributed by atoms with Crippen LogP contribution in [0.1, 0.15) is 84.5 Å². The van der Waals surface area contributed by atoms with Crippen LogP contribution in [0.15, 0.2) is 109 Å². The number of rotatable bonds is 21. The number of anilines is 1. The molecule has 4 aromatic rings. The summed E-state index contributed by atoms with van der Waals surface area (Å²) >= 11 is 0. The van der Waals surface area contributed by atoms with Crippen molar-refractivity contribution in [3.8, 4) is 0 Å². The lowest BCUT2D eigenvalue weighted by atomic mass is 9.86. The molecule has 322 valence electrons. The summed E-state index contributed by atoms with van der Waals surface area (Å²) in [6, 6.07) is 29.8. The molecule has 0 fully saturated rings. The first-order chi connectivity index (χ1) is 28.4. The summed E-state index contributed by atoms with van der Waals surface area (Å²) in [5.41, 5.74) is 2.69. The molecule has 0 heterocycles. The number of nitrogens with one attached hydrogen (secondary N) is 4. The van der Waals surface area contributed by atoms with Crippen LogP contribution < -0.4 is 25.6 Å². The fourth-order valence-electron chi connectivity index (χ4n) is 6.53. The van der Waals surface area contributed by atoms with E-state index in [2.05, 4.69) is 21.3 Å². The average Bonchev–Trinajstić information content (AvgIpc) is 3.23. The van der Waals surface area contributed by atoms with E-state index >= 15 is 0 Å². The van der Waals surface area contributed by atoms with Gasteiger partial charge in [0.05, 0.1) is 43.3 Å². The van der Waals surface area contributed by atoms with Gasteiger partial charge in [-0.3, -0.25) is 23.5 Å². The second-order valence-corrected chi connectivity index (χ2v) is 17.8. The summed E-state index contributed by atoms with van der Waals surface area (Å²) < 4.78 is 32.2. The van der Waals surface area contributed by atoms with E-state index in [0.29, 0.717) is 6.54 Å². The van der Waals surface area contributed by atoms with Crippen molar-refractivity contribution in [3.63, 3.8) is 0 Å². The van der Waals surface area contributed by atoms with Gasteiger partial charge in [0.2, 0.25) is 21.8 Å². The molecular formula is C46H59N5O8S. The highest BCUT2D eigenvalue weighted by Crippen LogP contribution is 2.24. The molecule has 0 aliphatic heterocycles. The summed E-state index contributed by atoms with van der Waals surface area (Å²) in [4.78, 5) is 55.0. The van der Waals surface area contributed by atoms with Crippen molar-refractivity contribution in [2.24, 2.45) is 17.8 Å². The average molecular weight is 842 g/mol. The molecule has 13 nitrogen and oxygen atoms in total. The Morgan fingerprint density at radius 2 is 1.23 bits per heavy atom. The maximum atomic E-state index is 14.1. The Morgan fingerprint density at radius 1 is 0.700 bits per heavy atom. The highest BCUT2D eigenvalue weighted by Gasteiger charge is 2.34. The van der Waals surface area contributed by atoms with Gasteiger partial charge in [-0.05, 0) is 60.1 Å². The number of nitrogens with zero attached hydrogens (tertiary/aromatic N) is 1. The number of carbonyl (C=O) groups excluding carboxylic acids is 4. The molecule has 0 bridgehead atoms. The molecule has 0 unspecified atom stereocenters. The topological polar surface area (TPSA) is 183 Å². The van der Waals surface area contributed by atoms with Crippen molar-refractivity contribution >= 4 is 39.3 Å². The summed E-state index contributed by atoms with van der Waals surface area (Å²) in [7, 11) is -2.48. The Balaban J connectivity index is 1.59. The van der Waals surface area contributed by atoms with Gasteiger partial charge in [0.15, 0.2) is 0 Å². The fraction of sp³-hybridized carbons (Fsp3) is 0.391. The molecule has 4 rings (SSSR count). The summed E-state index contributed by atoms with van der Waals surface area (Å²) in [6.07, 6.45) is -0.403. The molecule has 0 spiro atoms. The summed E-state index contributed by atoms with van der Waals surface area (Å²) in [5.74, 6) is -3.30. The molecule has 0 radical (unpaired) electrons. The zero-order valence-corrected chi connectivity index (χ0v) is 36.2. The predicted octanol–water partition coefficient (Wildman–Crippen LogP) is 5.37. The number of aliphatic hydroxyl groups is 1. The van der Waals surface area contributed by atoms with Gasteiger partial charge >= 0.3 is 0 Å². The number of benzene rings is 4. The maximum Gasteiger partial charge on any atom is 0.251 e. The quantitative estimate of drug-likeness (QED) is 0.0743. The molecule has 0 aliphatic carbocycles. The van der Waals surface area contributed by atoms with Gasteiger partial charge in [-0.2, -0.15) is 0 Å². The van der Waals surface area contributed by atoms with Crippen LogP contribution in [-0.2, 0) is 37.5 Å². The minimum atomic E-state index is -3.80. The lowest BCUT2D eigenvalue weighted by molar-refractivity contribution is -0.134. The molecule has 0 aliphatic rings. The van der Waals surface area contributed by atoms with Crippen LogP contribution in [0.25, 0.3) is 0 Å². The smallest absolute Gasteiger partial charge is 0.251 e. The predicted molar refractivity (Wildman–Crippen MR) is 233 cm³/mol. The monoisotopic (exact) mass is 841 g/mol. The van der Waals surface area contributed by atoms with Crippen molar-refractivity contribution in [3.05, 3.63) is 137 Å². The van der Waals surface area contributed by atoms with E-state index in [9.17, 15) is 32.7 Å². The molecule has 60 heavy (non-hydrogen) atoms. The minimum Gasteiger partial charge on any atom is -0.391 e. The van der Waals surface area contributed by atoms with Gasteiger partial charge in [0.25, 0.3) is 11.8 Å². The lowest BCUT2D eigenvalue weighted by Gasteiger charge is -2.30. The normalized spacial score (nSPS) is 14.0. The third kappa shape index (κ3) is 14.0. The van der Waals surface area contributed by atoms with E-state index in [1.165, 1.54) is 25.2 Å². The zero-order chi connectivity index (χ0) is 44.0. The zero-order valence-electron chi connectivity index (χ0n) is 35.4. The highest BCUT2D eigenvalue weighted by molar-refractivity contribution is 7.92.